The number of ether oxygens (including phenoxy) is 1. The highest BCUT2D eigenvalue weighted by Crippen LogP contribution is 2.14. The van der Waals surface area contributed by atoms with E-state index in [0.717, 1.165) is 30.5 Å². The van der Waals surface area contributed by atoms with Crippen molar-refractivity contribution in [2.24, 2.45) is 4.99 Å². The van der Waals surface area contributed by atoms with Crippen molar-refractivity contribution in [1.82, 2.24) is 15.5 Å². The third-order valence-corrected chi connectivity index (χ3v) is 4.50. The highest BCUT2D eigenvalue weighted by molar-refractivity contribution is 5.80. The molecule has 2 rings (SSSR count). The number of carbonyl (C=O) groups is 1. The number of aliphatic hydroxyl groups excluding tert-OH is 1. The number of aliphatic imine (C=N–C) groups is 1. The minimum absolute atomic E-state index is 0.241. The fourth-order valence-electron chi connectivity index (χ4n) is 2.92. The molecule has 1 unspecified atom stereocenters. The molecule has 0 saturated carbocycles. The Bertz CT molecular complexity index is 595. The number of hydrogen-bond donors (Lipinski definition) is 3. The Morgan fingerprint density at radius 1 is 1.35 bits per heavy atom. The second-order valence-corrected chi connectivity index (χ2v) is 6.52. The number of piperidine rings is 1. The van der Waals surface area contributed by atoms with E-state index in [1.165, 1.54) is 7.11 Å². The average Bonchev–Trinajstić information content (AvgIpc) is 2.66. The Morgan fingerprint density at radius 3 is 2.58 bits per heavy atom. The van der Waals surface area contributed by atoms with Crippen LogP contribution in [0.25, 0.3) is 0 Å². The Morgan fingerprint density at radius 2 is 2.00 bits per heavy atom. The van der Waals surface area contributed by atoms with E-state index in [4.69, 9.17) is 4.74 Å². The second kappa shape index (κ2) is 10.0. The number of methoxy groups -OCH3 is 1. The molecule has 0 aromatic heterocycles. The summed E-state index contributed by atoms with van der Waals surface area (Å²) in [5.41, 5.74) is 2.03. The molecule has 1 saturated heterocycles. The van der Waals surface area contributed by atoms with Crippen molar-refractivity contribution in [3.63, 3.8) is 0 Å². The van der Waals surface area contributed by atoms with Crippen LogP contribution in [0.2, 0.25) is 0 Å². The van der Waals surface area contributed by atoms with Crippen LogP contribution in [0, 0.1) is 6.92 Å². The summed E-state index contributed by atoms with van der Waals surface area (Å²) in [7, 11) is 1.40. The molecule has 26 heavy (non-hydrogen) atoms. The number of benzene rings is 1. The zero-order chi connectivity index (χ0) is 18.9. The topological polar surface area (TPSA) is 86.2 Å². The van der Waals surface area contributed by atoms with Crippen LogP contribution in [0.5, 0.6) is 0 Å². The number of hydrogen-bond acceptors (Lipinski definition) is 4. The van der Waals surface area contributed by atoms with Gasteiger partial charge in [0.25, 0.3) is 0 Å². The van der Waals surface area contributed by atoms with E-state index in [2.05, 4.69) is 15.6 Å². The number of nitrogens with zero attached hydrogens (tertiary/aromatic N) is 2. The van der Waals surface area contributed by atoms with Crippen LogP contribution in [-0.2, 0) is 4.74 Å². The van der Waals surface area contributed by atoms with Crippen LogP contribution in [0.15, 0.2) is 29.3 Å². The van der Waals surface area contributed by atoms with Gasteiger partial charge in [-0.1, -0.05) is 29.8 Å². The molecule has 1 amide bonds. The number of carbonyl (C=O) groups excluding carboxylic acids is 1. The largest absolute Gasteiger partial charge is 0.453 e. The summed E-state index contributed by atoms with van der Waals surface area (Å²) in [6.45, 7) is 6.39. The van der Waals surface area contributed by atoms with Gasteiger partial charge in [0.05, 0.1) is 19.8 Å². The van der Waals surface area contributed by atoms with Crippen molar-refractivity contribution < 1.29 is 14.6 Å². The van der Waals surface area contributed by atoms with Gasteiger partial charge < -0.3 is 25.4 Å². The molecule has 1 fully saturated rings. The van der Waals surface area contributed by atoms with Gasteiger partial charge in [0, 0.05) is 25.7 Å². The Balaban J connectivity index is 1.88. The minimum Gasteiger partial charge on any atom is -0.453 e. The lowest BCUT2D eigenvalue weighted by atomic mass is 10.1. The predicted molar refractivity (Wildman–Crippen MR) is 102 cm³/mol. The number of amides is 1. The highest BCUT2D eigenvalue weighted by atomic mass is 16.5. The molecule has 1 aromatic carbocycles. The smallest absolute Gasteiger partial charge is 0.409 e. The first-order chi connectivity index (χ1) is 12.5. The lowest BCUT2D eigenvalue weighted by molar-refractivity contribution is 0.111. The van der Waals surface area contributed by atoms with Crippen molar-refractivity contribution in [1.29, 1.82) is 0 Å². The maximum Gasteiger partial charge on any atom is 0.409 e. The van der Waals surface area contributed by atoms with Crippen LogP contribution in [0.1, 0.15) is 37.0 Å². The normalized spacial score (nSPS) is 16.9. The molecule has 7 nitrogen and oxygen atoms in total. The van der Waals surface area contributed by atoms with Gasteiger partial charge in [0.15, 0.2) is 5.96 Å². The minimum atomic E-state index is -0.632. The van der Waals surface area contributed by atoms with Gasteiger partial charge >= 0.3 is 6.09 Å². The van der Waals surface area contributed by atoms with Crippen LogP contribution in [0.4, 0.5) is 4.79 Å². The molecule has 1 aliphatic rings. The van der Waals surface area contributed by atoms with Gasteiger partial charge in [-0.05, 0) is 32.3 Å². The van der Waals surface area contributed by atoms with E-state index in [9.17, 15) is 9.90 Å². The number of nitrogens with one attached hydrogen (secondary N) is 2. The van der Waals surface area contributed by atoms with Gasteiger partial charge in [-0.2, -0.15) is 0 Å². The first-order valence-corrected chi connectivity index (χ1v) is 9.15. The van der Waals surface area contributed by atoms with E-state index < -0.39 is 6.10 Å². The van der Waals surface area contributed by atoms with Crippen molar-refractivity contribution in [2.75, 3.05) is 33.3 Å². The fraction of sp³-hybridized carbons (Fsp3) is 0.579. The number of aliphatic hydroxyl groups is 1. The van der Waals surface area contributed by atoms with Crippen LogP contribution in [-0.4, -0.2) is 61.4 Å². The van der Waals surface area contributed by atoms with Crippen molar-refractivity contribution in [3.05, 3.63) is 35.4 Å². The molecule has 1 atom stereocenters. The molecule has 144 valence electrons. The third-order valence-electron chi connectivity index (χ3n) is 4.50. The van der Waals surface area contributed by atoms with Crippen molar-refractivity contribution in [3.8, 4) is 0 Å². The summed E-state index contributed by atoms with van der Waals surface area (Å²) >= 11 is 0. The molecule has 1 heterocycles. The Labute approximate surface area is 155 Å². The molecule has 0 aliphatic carbocycles. The summed E-state index contributed by atoms with van der Waals surface area (Å²) in [6, 6.07) is 8.07. The van der Waals surface area contributed by atoms with E-state index in [1.807, 2.05) is 38.1 Å². The standard InChI is InChI=1S/C19H30N4O3/c1-4-20-18(21-13-17(24)15-7-5-14(2)6-8-15)22-16-9-11-23(12-10-16)19(25)26-3/h5-8,16-17,24H,4,9-13H2,1-3H3,(H2,20,21,22). The number of likely N-dealkylation sites (tertiary alicyclic amines) is 1. The van der Waals surface area contributed by atoms with E-state index in [0.29, 0.717) is 25.6 Å². The monoisotopic (exact) mass is 362 g/mol. The summed E-state index contributed by atoms with van der Waals surface area (Å²) in [4.78, 5) is 17.8. The van der Waals surface area contributed by atoms with Gasteiger partial charge in [0.2, 0.25) is 0 Å². The summed E-state index contributed by atoms with van der Waals surface area (Å²) in [5, 5.41) is 16.9. The average molecular weight is 362 g/mol. The van der Waals surface area contributed by atoms with Gasteiger partial charge in [-0.15, -0.1) is 0 Å². The van der Waals surface area contributed by atoms with Crippen LogP contribution >= 0.6 is 0 Å². The number of rotatable bonds is 5. The lowest BCUT2D eigenvalue weighted by Crippen LogP contribution is -2.49. The number of guanidine groups is 1. The highest BCUT2D eigenvalue weighted by Gasteiger charge is 2.23. The van der Waals surface area contributed by atoms with Gasteiger partial charge in [-0.25, -0.2) is 4.79 Å². The molecule has 1 aromatic rings. The van der Waals surface area contributed by atoms with Crippen LogP contribution < -0.4 is 10.6 Å². The zero-order valence-corrected chi connectivity index (χ0v) is 15.9. The van der Waals surface area contributed by atoms with E-state index in [-0.39, 0.29) is 12.1 Å². The number of aryl methyl sites for hydroxylation is 1. The first-order valence-electron chi connectivity index (χ1n) is 9.15. The Kier molecular flexibility index (Phi) is 7.72. The fourth-order valence-corrected chi connectivity index (χ4v) is 2.92. The Hall–Kier alpha value is -2.28. The summed E-state index contributed by atoms with van der Waals surface area (Å²) < 4.78 is 4.76. The SMILES string of the molecule is CCNC(=NCC(O)c1ccc(C)cc1)NC1CCN(C(=O)OC)CC1. The van der Waals surface area contributed by atoms with Gasteiger partial charge in [-0.3, -0.25) is 4.99 Å². The summed E-state index contributed by atoms with van der Waals surface area (Å²) in [6.07, 6.45) is 0.762. The molecule has 0 radical (unpaired) electrons. The third kappa shape index (κ3) is 5.91. The van der Waals surface area contributed by atoms with Crippen molar-refractivity contribution >= 4 is 12.1 Å². The molecule has 3 N–H and O–H groups in total. The molecule has 1 aliphatic heterocycles. The molecule has 0 spiro atoms. The molecule has 0 bridgehead atoms. The van der Waals surface area contributed by atoms with E-state index in [1.54, 1.807) is 4.90 Å². The van der Waals surface area contributed by atoms with Crippen molar-refractivity contribution in [2.45, 2.75) is 38.8 Å². The summed E-state index contributed by atoms with van der Waals surface area (Å²) in [5.74, 6) is 0.690. The predicted octanol–water partition coefficient (Wildman–Crippen LogP) is 1.81. The van der Waals surface area contributed by atoms with Gasteiger partial charge in [0.1, 0.15) is 0 Å². The van der Waals surface area contributed by atoms with Crippen LogP contribution in [0.3, 0.4) is 0 Å². The maximum atomic E-state index is 11.6. The molecular weight excluding hydrogens is 332 g/mol. The molecule has 7 heteroatoms. The zero-order valence-electron chi connectivity index (χ0n) is 15.9. The van der Waals surface area contributed by atoms with E-state index >= 15 is 0 Å². The lowest BCUT2D eigenvalue weighted by Gasteiger charge is -2.32. The quantitative estimate of drug-likeness (QED) is 0.549. The first kappa shape index (κ1) is 20.0. The maximum absolute atomic E-state index is 11.6. The molecular formula is C19H30N4O3. The second-order valence-electron chi connectivity index (χ2n) is 6.52.